The molecule has 1 aromatic carbocycles. The Bertz CT molecular complexity index is 605. The summed E-state index contributed by atoms with van der Waals surface area (Å²) in [6, 6.07) is 5.16. The van der Waals surface area contributed by atoms with Crippen molar-refractivity contribution in [2.24, 2.45) is 0 Å². The Kier molecular flexibility index (Phi) is 6.74. The fourth-order valence-corrected chi connectivity index (χ4v) is 1.85. The van der Waals surface area contributed by atoms with E-state index in [1.165, 1.54) is 26.2 Å². The molecule has 1 aromatic rings. The molecule has 0 aliphatic carbocycles. The summed E-state index contributed by atoms with van der Waals surface area (Å²) in [7, 11) is 1.51. The van der Waals surface area contributed by atoms with Gasteiger partial charge in [-0.1, -0.05) is 11.6 Å². The molecule has 0 aliphatic rings. The summed E-state index contributed by atoms with van der Waals surface area (Å²) >= 11 is 6.18. The number of ether oxygens (including phenoxy) is 3. The fraction of sp³-hybridized carbons (Fsp3) is 0.375. The SMILES string of the molecule is COc1cc(/C=C/C(=O)O[C@H](C)C#N)cc(Cl)c1OC(C)C. The smallest absolute Gasteiger partial charge is 0.332 e. The molecule has 6 heteroatoms. The van der Waals surface area contributed by atoms with Crippen LogP contribution in [0.1, 0.15) is 26.3 Å². The normalized spacial score (nSPS) is 12.0. The molecule has 1 atom stereocenters. The van der Waals surface area contributed by atoms with Crippen LogP contribution in [0.5, 0.6) is 11.5 Å². The highest BCUT2D eigenvalue weighted by atomic mass is 35.5. The zero-order valence-corrected chi connectivity index (χ0v) is 13.7. The van der Waals surface area contributed by atoms with Crippen LogP contribution in [0, 0.1) is 11.3 Å². The molecule has 0 amide bonds. The molecule has 0 fully saturated rings. The minimum Gasteiger partial charge on any atom is -0.493 e. The first-order chi connectivity index (χ1) is 10.4. The maximum absolute atomic E-state index is 11.5. The minimum atomic E-state index is -0.794. The third kappa shape index (κ3) is 5.30. The van der Waals surface area contributed by atoms with Gasteiger partial charge < -0.3 is 14.2 Å². The van der Waals surface area contributed by atoms with Crippen LogP contribution in [-0.2, 0) is 9.53 Å². The Hall–Kier alpha value is -2.19. The van der Waals surface area contributed by atoms with Gasteiger partial charge in [0.25, 0.3) is 0 Å². The average Bonchev–Trinajstić information content (AvgIpc) is 2.46. The van der Waals surface area contributed by atoms with E-state index in [-0.39, 0.29) is 6.10 Å². The van der Waals surface area contributed by atoms with Crippen molar-refractivity contribution in [2.75, 3.05) is 7.11 Å². The first-order valence-corrected chi connectivity index (χ1v) is 7.07. The highest BCUT2D eigenvalue weighted by molar-refractivity contribution is 6.32. The number of hydrogen-bond donors (Lipinski definition) is 0. The Morgan fingerprint density at radius 1 is 1.36 bits per heavy atom. The van der Waals surface area contributed by atoms with Crippen molar-refractivity contribution in [1.29, 1.82) is 5.26 Å². The Morgan fingerprint density at radius 2 is 2.05 bits per heavy atom. The zero-order chi connectivity index (χ0) is 16.7. The van der Waals surface area contributed by atoms with Crippen LogP contribution < -0.4 is 9.47 Å². The predicted octanol–water partition coefficient (Wildman–Crippen LogP) is 3.60. The second-order valence-electron chi connectivity index (χ2n) is 4.74. The van der Waals surface area contributed by atoms with Gasteiger partial charge in [-0.25, -0.2) is 4.79 Å². The first-order valence-electron chi connectivity index (χ1n) is 6.69. The molecule has 0 N–H and O–H groups in total. The molecular weight excluding hydrogens is 306 g/mol. The molecule has 0 spiro atoms. The number of hydrogen-bond acceptors (Lipinski definition) is 5. The lowest BCUT2D eigenvalue weighted by molar-refractivity contribution is -0.139. The van der Waals surface area contributed by atoms with E-state index in [9.17, 15) is 4.79 Å². The lowest BCUT2D eigenvalue weighted by Crippen LogP contribution is -2.10. The largest absolute Gasteiger partial charge is 0.493 e. The van der Waals surface area contributed by atoms with E-state index < -0.39 is 12.1 Å². The maximum Gasteiger partial charge on any atom is 0.332 e. The third-order valence-corrected chi connectivity index (χ3v) is 2.77. The van der Waals surface area contributed by atoms with Crippen molar-refractivity contribution >= 4 is 23.6 Å². The van der Waals surface area contributed by atoms with E-state index in [0.717, 1.165) is 0 Å². The zero-order valence-electron chi connectivity index (χ0n) is 12.9. The molecule has 0 heterocycles. The van der Waals surface area contributed by atoms with Crippen molar-refractivity contribution in [3.8, 4) is 17.6 Å². The van der Waals surface area contributed by atoms with E-state index in [1.54, 1.807) is 12.1 Å². The summed E-state index contributed by atoms with van der Waals surface area (Å²) in [6.45, 7) is 5.26. The van der Waals surface area contributed by atoms with Crippen LogP contribution in [0.2, 0.25) is 5.02 Å². The molecule has 0 aliphatic heterocycles. The number of methoxy groups -OCH3 is 1. The van der Waals surface area contributed by atoms with Gasteiger partial charge in [0.2, 0.25) is 0 Å². The molecular formula is C16H18ClNO4. The van der Waals surface area contributed by atoms with Gasteiger partial charge in [-0.3, -0.25) is 0 Å². The Labute approximate surface area is 135 Å². The van der Waals surface area contributed by atoms with Gasteiger partial charge >= 0.3 is 5.97 Å². The van der Waals surface area contributed by atoms with E-state index >= 15 is 0 Å². The van der Waals surface area contributed by atoms with Gasteiger partial charge in [-0.05, 0) is 44.5 Å². The lowest BCUT2D eigenvalue weighted by Gasteiger charge is -2.15. The van der Waals surface area contributed by atoms with Crippen LogP contribution >= 0.6 is 11.6 Å². The first kappa shape index (κ1) is 17.9. The van der Waals surface area contributed by atoms with E-state index in [2.05, 4.69) is 0 Å². The number of carbonyl (C=O) groups excluding carboxylic acids is 1. The van der Waals surface area contributed by atoms with Crippen LogP contribution in [0.25, 0.3) is 6.08 Å². The number of rotatable bonds is 6. The molecule has 1 rings (SSSR count). The molecule has 118 valence electrons. The van der Waals surface area contributed by atoms with Crippen LogP contribution in [0.4, 0.5) is 0 Å². The summed E-state index contributed by atoms with van der Waals surface area (Å²) in [6.07, 6.45) is 1.91. The van der Waals surface area contributed by atoms with Gasteiger partial charge in [-0.15, -0.1) is 0 Å². The third-order valence-electron chi connectivity index (χ3n) is 2.49. The predicted molar refractivity (Wildman–Crippen MR) is 84.0 cm³/mol. The molecule has 0 unspecified atom stereocenters. The molecule has 0 saturated heterocycles. The van der Waals surface area contributed by atoms with Crippen molar-refractivity contribution in [3.05, 3.63) is 28.8 Å². The highest BCUT2D eigenvalue weighted by Gasteiger charge is 2.13. The number of nitriles is 1. The van der Waals surface area contributed by atoms with E-state index in [1.807, 2.05) is 19.9 Å². The van der Waals surface area contributed by atoms with Gasteiger partial charge in [0.15, 0.2) is 17.6 Å². The minimum absolute atomic E-state index is 0.0461. The number of esters is 1. The van der Waals surface area contributed by atoms with Crippen molar-refractivity contribution in [2.45, 2.75) is 33.0 Å². The second-order valence-corrected chi connectivity index (χ2v) is 5.15. The van der Waals surface area contributed by atoms with Crippen molar-refractivity contribution in [3.63, 3.8) is 0 Å². The molecule has 5 nitrogen and oxygen atoms in total. The molecule has 0 bridgehead atoms. The fourth-order valence-electron chi connectivity index (χ4n) is 1.59. The summed E-state index contributed by atoms with van der Waals surface area (Å²) in [5.41, 5.74) is 0.652. The van der Waals surface area contributed by atoms with E-state index in [4.69, 9.17) is 31.1 Å². The van der Waals surface area contributed by atoms with Gasteiger partial charge in [0, 0.05) is 6.08 Å². The topological polar surface area (TPSA) is 68.5 Å². The van der Waals surface area contributed by atoms with Crippen molar-refractivity contribution in [1.82, 2.24) is 0 Å². The summed E-state index contributed by atoms with van der Waals surface area (Å²) in [4.78, 5) is 11.5. The summed E-state index contributed by atoms with van der Waals surface area (Å²) < 4.78 is 15.7. The van der Waals surface area contributed by atoms with Crippen LogP contribution in [0.3, 0.4) is 0 Å². The summed E-state index contributed by atoms with van der Waals surface area (Å²) in [5.74, 6) is 0.322. The lowest BCUT2D eigenvalue weighted by atomic mass is 10.2. The molecule has 0 aromatic heterocycles. The number of halogens is 1. The molecule has 0 radical (unpaired) electrons. The molecule has 0 saturated carbocycles. The Morgan fingerprint density at radius 3 is 2.59 bits per heavy atom. The highest BCUT2D eigenvalue weighted by Crippen LogP contribution is 2.37. The maximum atomic E-state index is 11.5. The quantitative estimate of drug-likeness (QED) is 0.591. The van der Waals surface area contributed by atoms with Crippen LogP contribution in [0.15, 0.2) is 18.2 Å². The number of benzene rings is 1. The monoisotopic (exact) mass is 323 g/mol. The Balaban J connectivity index is 2.96. The number of nitrogens with zero attached hydrogens (tertiary/aromatic N) is 1. The van der Waals surface area contributed by atoms with Gasteiger partial charge in [-0.2, -0.15) is 5.26 Å². The number of carbonyl (C=O) groups is 1. The van der Waals surface area contributed by atoms with Gasteiger partial charge in [0.1, 0.15) is 6.07 Å². The molecule has 22 heavy (non-hydrogen) atoms. The standard InChI is InChI=1S/C16H18ClNO4/c1-10(2)21-16-13(17)7-12(8-14(16)20-4)5-6-15(19)22-11(3)9-18/h5-8,10-11H,1-4H3/b6-5+/t11-/m1/s1. The van der Waals surface area contributed by atoms with Crippen LogP contribution in [-0.4, -0.2) is 25.3 Å². The van der Waals surface area contributed by atoms with Gasteiger partial charge in [0.05, 0.1) is 18.2 Å². The second kappa shape index (κ2) is 8.30. The van der Waals surface area contributed by atoms with Crippen molar-refractivity contribution < 1.29 is 19.0 Å². The summed E-state index contributed by atoms with van der Waals surface area (Å²) in [5, 5.41) is 8.96. The van der Waals surface area contributed by atoms with E-state index in [0.29, 0.717) is 22.1 Å². The average molecular weight is 324 g/mol.